The number of hydrogen-bond donors (Lipinski definition) is 3. The highest BCUT2D eigenvalue weighted by Gasteiger charge is 2.42. The molecule has 46 heavy (non-hydrogen) atoms. The lowest BCUT2D eigenvalue weighted by molar-refractivity contribution is -0.140. The smallest absolute Gasteiger partial charge is 0.305 e. The Bertz CT molecular complexity index is 1800. The Morgan fingerprint density at radius 2 is 1.74 bits per heavy atom. The summed E-state index contributed by atoms with van der Waals surface area (Å²) in [6, 6.07) is 0. The molecule has 0 radical (unpaired) electrons. The van der Waals surface area contributed by atoms with Crippen molar-refractivity contribution in [3.63, 3.8) is 0 Å². The van der Waals surface area contributed by atoms with Crippen molar-refractivity contribution in [2.45, 2.75) is 93.6 Å². The molecule has 5 heterocycles. The van der Waals surface area contributed by atoms with Crippen molar-refractivity contribution in [3.05, 3.63) is 91.0 Å². The van der Waals surface area contributed by atoms with Crippen LogP contribution in [0.3, 0.4) is 0 Å². The van der Waals surface area contributed by atoms with Gasteiger partial charge < -0.3 is 20.3 Å². The maximum atomic E-state index is 12.3. The quantitative estimate of drug-likeness (QED) is 0.256. The lowest BCUT2D eigenvalue weighted by atomic mass is 9.85. The van der Waals surface area contributed by atoms with Gasteiger partial charge in [0, 0.05) is 52.8 Å². The van der Waals surface area contributed by atoms with Gasteiger partial charge in [0.1, 0.15) is 5.76 Å². The third kappa shape index (κ3) is 5.11. The fraction of sp³-hybridized carbons (Fsp3) is 0.474. The van der Waals surface area contributed by atoms with Crippen LogP contribution >= 0.6 is 0 Å². The Kier molecular flexibility index (Phi) is 8.30. The van der Waals surface area contributed by atoms with Gasteiger partial charge in [0.2, 0.25) is 0 Å². The molecule has 6 aliphatic rings. The Morgan fingerprint density at radius 1 is 1.00 bits per heavy atom. The maximum absolute atomic E-state index is 12.3. The average Bonchev–Trinajstić information content (AvgIpc) is 3.77. The molecule has 242 valence electrons. The maximum Gasteiger partial charge on any atom is 0.305 e. The number of aliphatic hydroxyl groups is 2. The van der Waals surface area contributed by atoms with E-state index in [0.29, 0.717) is 24.5 Å². The number of allylic oxidation sites excluding steroid dienone is 11. The number of nitrogens with one attached hydrogen (secondary N) is 1. The first-order valence-corrected chi connectivity index (χ1v) is 16.6. The van der Waals surface area contributed by atoms with Gasteiger partial charge >= 0.3 is 5.97 Å². The fourth-order valence-corrected chi connectivity index (χ4v) is 7.92. The van der Waals surface area contributed by atoms with Crippen LogP contribution in [0.2, 0.25) is 0 Å². The van der Waals surface area contributed by atoms with Crippen LogP contribution in [0.15, 0.2) is 106 Å². The predicted molar refractivity (Wildman–Crippen MR) is 183 cm³/mol. The molecule has 8 bridgehead atoms. The van der Waals surface area contributed by atoms with Gasteiger partial charge in [0.05, 0.1) is 47.4 Å². The number of aliphatic imine (C=N–C) groups is 3. The molecule has 3 atom stereocenters. The number of hydrogen-bond acceptors (Lipinski definition) is 8. The van der Waals surface area contributed by atoms with Crippen LogP contribution in [0.4, 0.5) is 0 Å². The van der Waals surface area contributed by atoms with Crippen LogP contribution in [0.1, 0.15) is 87.5 Å². The van der Waals surface area contributed by atoms with Crippen molar-refractivity contribution >= 4 is 23.1 Å². The third-order valence-corrected chi connectivity index (χ3v) is 10.3. The summed E-state index contributed by atoms with van der Waals surface area (Å²) in [5, 5.41) is 26.2. The Balaban J connectivity index is 1.64. The Hall–Kier alpha value is -4.04. The number of carbonyl (C=O) groups excluding carboxylic acids is 1. The van der Waals surface area contributed by atoms with Crippen molar-refractivity contribution in [1.29, 1.82) is 0 Å². The summed E-state index contributed by atoms with van der Waals surface area (Å²) in [6.45, 7) is 16.7. The monoisotopic (exact) mass is 622 g/mol. The van der Waals surface area contributed by atoms with Crippen molar-refractivity contribution in [1.82, 2.24) is 5.32 Å². The summed E-state index contributed by atoms with van der Waals surface area (Å²) in [5.41, 5.74) is 14.8. The van der Waals surface area contributed by atoms with Gasteiger partial charge in [-0.2, -0.15) is 0 Å². The molecule has 8 nitrogen and oxygen atoms in total. The van der Waals surface area contributed by atoms with Gasteiger partial charge in [-0.3, -0.25) is 4.79 Å². The summed E-state index contributed by atoms with van der Waals surface area (Å²) in [4.78, 5) is 27.9. The second-order valence-electron chi connectivity index (χ2n) is 13.7. The molecule has 0 amide bonds. The molecule has 0 saturated carbocycles. The van der Waals surface area contributed by atoms with Crippen molar-refractivity contribution in [2.75, 3.05) is 7.11 Å². The number of rotatable bonds is 7. The first kappa shape index (κ1) is 31.9. The largest absolute Gasteiger partial charge is 0.511 e. The predicted octanol–water partition coefficient (Wildman–Crippen LogP) is 7.41. The van der Waals surface area contributed by atoms with E-state index in [-0.39, 0.29) is 24.2 Å². The number of carbonyl (C=O) groups is 1. The molecule has 0 aromatic heterocycles. The van der Waals surface area contributed by atoms with E-state index in [1.165, 1.54) is 12.7 Å². The standard InChI is InChI=1S/C38H46N4O4/c1-10-23-28-16-29-25(13-17(2)3)18(4)27(39-29)15-30-33(22(8)43)20(6)36(41-30)21(7)35-19(5)24(11-12-32(45)46-9)37(42-35)26-14-31(44)34(23)38(26)40-28/h15-17,19,22,24,42-44H,10-14H2,1-9H3/t19-,22+,24-/m0/s1. The van der Waals surface area contributed by atoms with Crippen LogP contribution in [-0.4, -0.2) is 46.5 Å². The zero-order valence-electron chi connectivity index (χ0n) is 28.6. The fourth-order valence-electron chi connectivity index (χ4n) is 7.92. The van der Waals surface area contributed by atoms with Gasteiger partial charge in [0.25, 0.3) is 0 Å². The second-order valence-corrected chi connectivity index (χ2v) is 13.7. The molecule has 8 heteroatoms. The van der Waals surface area contributed by atoms with E-state index >= 15 is 0 Å². The second kappa shape index (κ2) is 12.0. The summed E-state index contributed by atoms with van der Waals surface area (Å²) in [6.07, 6.45) is 6.24. The molecule has 1 fully saturated rings. The summed E-state index contributed by atoms with van der Waals surface area (Å²) < 4.78 is 5.02. The third-order valence-electron chi connectivity index (χ3n) is 10.3. The highest BCUT2D eigenvalue weighted by Crippen LogP contribution is 2.48. The molecule has 0 aromatic rings. The average molecular weight is 623 g/mol. The van der Waals surface area contributed by atoms with Crippen LogP contribution in [-0.2, 0) is 9.53 Å². The molecule has 1 aliphatic carbocycles. The van der Waals surface area contributed by atoms with Crippen LogP contribution in [0, 0.1) is 17.8 Å². The molecule has 0 aromatic carbocycles. The van der Waals surface area contributed by atoms with Crippen LogP contribution in [0.5, 0.6) is 0 Å². The van der Waals surface area contributed by atoms with E-state index in [2.05, 4.69) is 52.9 Å². The molecule has 0 spiro atoms. The lowest BCUT2D eigenvalue weighted by Gasteiger charge is -2.17. The van der Waals surface area contributed by atoms with E-state index in [0.717, 1.165) is 97.5 Å². The highest BCUT2D eigenvalue weighted by atomic mass is 16.5. The Morgan fingerprint density at radius 3 is 2.39 bits per heavy atom. The molecule has 1 saturated heterocycles. The molecule has 6 rings (SSSR count). The first-order valence-electron chi connectivity index (χ1n) is 16.6. The van der Waals surface area contributed by atoms with E-state index in [9.17, 15) is 15.0 Å². The lowest BCUT2D eigenvalue weighted by Crippen LogP contribution is -2.16. The van der Waals surface area contributed by atoms with Crippen LogP contribution in [0.25, 0.3) is 0 Å². The summed E-state index contributed by atoms with van der Waals surface area (Å²) in [7, 11) is 1.42. The minimum absolute atomic E-state index is 0.0144. The molecule has 0 unspecified atom stereocenters. The van der Waals surface area contributed by atoms with Gasteiger partial charge in [-0.1, -0.05) is 27.7 Å². The van der Waals surface area contributed by atoms with Gasteiger partial charge in [-0.15, -0.1) is 0 Å². The number of nitrogens with zero attached hydrogens (tertiary/aromatic N) is 3. The normalized spacial score (nSPS) is 24.7. The molecule has 5 aliphatic heterocycles. The Labute approximate surface area is 272 Å². The highest BCUT2D eigenvalue weighted by molar-refractivity contribution is 6.21. The SMILES string of the molecule is CCC1=C2C=C3N=C(C=C4N=C(C(C)=C5NC(=C6CC(O)=C1C6=N2)[C@@H](CCC(=O)OC)[C@@H]5C)C(C)=C4[C@@H](C)O)C(C)=C3CC(C)C. The summed E-state index contributed by atoms with van der Waals surface area (Å²) in [5.74, 6) is 0.540. The van der Waals surface area contributed by atoms with E-state index in [1.54, 1.807) is 6.92 Å². The zero-order valence-corrected chi connectivity index (χ0v) is 28.6. The van der Waals surface area contributed by atoms with E-state index in [4.69, 9.17) is 19.7 Å². The number of fused-ring (bicyclic) bond motifs is 5. The zero-order chi connectivity index (χ0) is 33.2. The minimum Gasteiger partial charge on any atom is -0.511 e. The van der Waals surface area contributed by atoms with Crippen LogP contribution < -0.4 is 5.32 Å². The van der Waals surface area contributed by atoms with Crippen molar-refractivity contribution in [3.8, 4) is 0 Å². The van der Waals surface area contributed by atoms with E-state index in [1.807, 2.05) is 13.0 Å². The van der Waals surface area contributed by atoms with E-state index < -0.39 is 6.10 Å². The van der Waals surface area contributed by atoms with Gasteiger partial charge in [-0.05, 0) is 92.9 Å². The molecular weight excluding hydrogens is 576 g/mol. The number of methoxy groups -OCH3 is 1. The molecular formula is C38H46N4O4. The number of ether oxygens (including phenoxy) is 1. The topological polar surface area (TPSA) is 116 Å². The van der Waals surface area contributed by atoms with Gasteiger partial charge in [0.15, 0.2) is 0 Å². The first-order chi connectivity index (χ1) is 21.9. The number of aliphatic hydroxyl groups excluding tert-OH is 2. The van der Waals surface area contributed by atoms with Crippen molar-refractivity contribution < 1.29 is 19.7 Å². The number of esters is 1. The minimum atomic E-state index is -0.711. The van der Waals surface area contributed by atoms with Gasteiger partial charge in [-0.25, -0.2) is 15.0 Å². The summed E-state index contributed by atoms with van der Waals surface area (Å²) >= 11 is 0. The molecule has 3 N–H and O–H groups in total. The van der Waals surface area contributed by atoms with Crippen molar-refractivity contribution in [2.24, 2.45) is 32.7 Å².